The van der Waals surface area contributed by atoms with Crippen molar-refractivity contribution in [3.8, 4) is 11.3 Å². The van der Waals surface area contributed by atoms with Gasteiger partial charge in [-0.2, -0.15) is 5.10 Å². The Kier molecular flexibility index (Phi) is 4.04. The molecule has 2 amide bonds. The standard InChI is InChI=1S/C18H17N5O2S/c1-10-13(8-19-23(10)2)17(25)22-18-21-15(9-26-18)12-3-5-14-11(7-12)4-6-16(24)20-14/h3,5,7-9H,4,6H2,1-2H3,(H,20,24)(H,21,22,25). The van der Waals surface area contributed by atoms with Crippen LogP contribution >= 0.6 is 11.3 Å². The summed E-state index contributed by atoms with van der Waals surface area (Å²) in [6.07, 6.45) is 2.78. The van der Waals surface area contributed by atoms with Gasteiger partial charge in [-0.05, 0) is 31.0 Å². The van der Waals surface area contributed by atoms with E-state index in [1.54, 1.807) is 17.9 Å². The van der Waals surface area contributed by atoms with Crippen LogP contribution in [0.1, 0.15) is 28.0 Å². The Bertz CT molecular complexity index is 1020. The van der Waals surface area contributed by atoms with E-state index in [2.05, 4.69) is 20.7 Å². The Hall–Kier alpha value is -3.00. The fraction of sp³-hybridized carbons (Fsp3) is 0.222. The molecule has 0 spiro atoms. The monoisotopic (exact) mass is 367 g/mol. The predicted octanol–water partition coefficient (Wildman–Crippen LogP) is 2.99. The van der Waals surface area contributed by atoms with E-state index in [4.69, 9.17) is 0 Å². The van der Waals surface area contributed by atoms with Crippen molar-refractivity contribution in [3.05, 3.63) is 46.6 Å². The average molecular weight is 367 g/mol. The third-order valence-corrected chi connectivity index (χ3v) is 5.26. The lowest BCUT2D eigenvalue weighted by atomic mass is 9.99. The van der Waals surface area contributed by atoms with Crippen molar-refractivity contribution in [1.82, 2.24) is 14.8 Å². The van der Waals surface area contributed by atoms with Crippen molar-refractivity contribution >= 4 is 34.0 Å². The molecule has 132 valence electrons. The normalized spacial score (nSPS) is 13.2. The van der Waals surface area contributed by atoms with Gasteiger partial charge in [0.25, 0.3) is 5.91 Å². The number of carbonyl (C=O) groups excluding carboxylic acids is 2. The second-order valence-electron chi connectivity index (χ2n) is 6.18. The van der Waals surface area contributed by atoms with Crippen molar-refractivity contribution in [2.24, 2.45) is 7.05 Å². The van der Waals surface area contributed by atoms with Crippen LogP contribution < -0.4 is 10.6 Å². The SMILES string of the molecule is Cc1c(C(=O)Nc2nc(-c3ccc4c(c3)CCC(=O)N4)cs2)cnn1C. The number of hydrogen-bond donors (Lipinski definition) is 2. The van der Waals surface area contributed by atoms with Gasteiger partial charge in [-0.25, -0.2) is 4.98 Å². The highest BCUT2D eigenvalue weighted by Crippen LogP contribution is 2.30. The second-order valence-corrected chi connectivity index (χ2v) is 7.04. The molecule has 26 heavy (non-hydrogen) atoms. The molecule has 0 fully saturated rings. The number of benzene rings is 1. The van der Waals surface area contributed by atoms with E-state index in [9.17, 15) is 9.59 Å². The Morgan fingerprint density at radius 3 is 2.96 bits per heavy atom. The van der Waals surface area contributed by atoms with Gasteiger partial charge in [0.1, 0.15) is 0 Å². The molecule has 1 aromatic carbocycles. The zero-order chi connectivity index (χ0) is 18.3. The van der Waals surface area contributed by atoms with E-state index in [-0.39, 0.29) is 11.8 Å². The summed E-state index contributed by atoms with van der Waals surface area (Å²) in [7, 11) is 1.80. The number of nitrogens with zero attached hydrogens (tertiary/aromatic N) is 3. The van der Waals surface area contributed by atoms with Gasteiger partial charge in [0.2, 0.25) is 5.91 Å². The summed E-state index contributed by atoms with van der Waals surface area (Å²) in [6.45, 7) is 1.85. The molecule has 0 aliphatic carbocycles. The maximum Gasteiger partial charge on any atom is 0.260 e. The molecule has 8 heteroatoms. The molecule has 1 aliphatic rings. The number of thiazole rings is 1. The summed E-state index contributed by atoms with van der Waals surface area (Å²) in [5.74, 6) is -0.167. The predicted molar refractivity (Wildman–Crippen MR) is 100 cm³/mol. The van der Waals surface area contributed by atoms with Gasteiger partial charge in [-0.3, -0.25) is 19.6 Å². The molecular formula is C18H17N5O2S. The van der Waals surface area contributed by atoms with Crippen molar-refractivity contribution in [1.29, 1.82) is 0 Å². The molecule has 0 atom stereocenters. The summed E-state index contributed by atoms with van der Waals surface area (Å²) in [5, 5.41) is 12.2. The highest BCUT2D eigenvalue weighted by atomic mass is 32.1. The van der Waals surface area contributed by atoms with Gasteiger partial charge in [-0.1, -0.05) is 6.07 Å². The zero-order valence-corrected chi connectivity index (χ0v) is 15.2. The highest BCUT2D eigenvalue weighted by Gasteiger charge is 2.17. The summed E-state index contributed by atoms with van der Waals surface area (Å²) < 4.78 is 1.66. The molecule has 1 aliphatic heterocycles. The maximum absolute atomic E-state index is 12.4. The topological polar surface area (TPSA) is 88.9 Å². The van der Waals surface area contributed by atoms with Crippen LogP contribution in [0.15, 0.2) is 29.8 Å². The lowest BCUT2D eigenvalue weighted by Crippen LogP contribution is -2.18. The van der Waals surface area contributed by atoms with Crippen LogP contribution in [0.3, 0.4) is 0 Å². The third-order valence-electron chi connectivity index (χ3n) is 4.50. The van der Waals surface area contributed by atoms with Gasteiger partial charge in [0.15, 0.2) is 5.13 Å². The smallest absolute Gasteiger partial charge is 0.260 e. The van der Waals surface area contributed by atoms with Crippen molar-refractivity contribution < 1.29 is 9.59 Å². The molecule has 3 heterocycles. The van der Waals surface area contributed by atoms with Gasteiger partial charge in [-0.15, -0.1) is 11.3 Å². The zero-order valence-electron chi connectivity index (χ0n) is 14.4. The number of hydrogen-bond acceptors (Lipinski definition) is 5. The number of nitrogens with one attached hydrogen (secondary N) is 2. The minimum Gasteiger partial charge on any atom is -0.326 e. The van der Waals surface area contributed by atoms with Gasteiger partial charge in [0, 0.05) is 35.8 Å². The Morgan fingerprint density at radius 2 is 2.19 bits per heavy atom. The van der Waals surface area contributed by atoms with Crippen LogP contribution in [0.2, 0.25) is 0 Å². The molecule has 7 nitrogen and oxygen atoms in total. The molecule has 0 unspecified atom stereocenters. The van der Waals surface area contributed by atoms with E-state index in [1.165, 1.54) is 11.3 Å². The molecular weight excluding hydrogens is 350 g/mol. The number of aryl methyl sites for hydroxylation is 2. The number of rotatable bonds is 3. The molecule has 2 N–H and O–H groups in total. The average Bonchev–Trinajstić information content (AvgIpc) is 3.22. The Balaban J connectivity index is 1.54. The largest absolute Gasteiger partial charge is 0.326 e. The number of anilines is 2. The van der Waals surface area contributed by atoms with E-state index >= 15 is 0 Å². The first-order valence-corrected chi connectivity index (χ1v) is 9.08. The first-order chi connectivity index (χ1) is 12.5. The first-order valence-electron chi connectivity index (χ1n) is 8.20. The fourth-order valence-electron chi connectivity index (χ4n) is 2.89. The number of amides is 2. The van der Waals surface area contributed by atoms with Crippen LogP contribution in [0.25, 0.3) is 11.3 Å². The molecule has 3 aromatic rings. The van der Waals surface area contributed by atoms with Gasteiger partial charge >= 0.3 is 0 Å². The first kappa shape index (κ1) is 16.5. The minimum absolute atomic E-state index is 0.0506. The maximum atomic E-state index is 12.4. The van der Waals surface area contributed by atoms with Crippen LogP contribution in [0, 0.1) is 6.92 Å². The van der Waals surface area contributed by atoms with E-state index in [0.717, 1.165) is 34.6 Å². The summed E-state index contributed by atoms with van der Waals surface area (Å²) in [4.78, 5) is 28.4. The molecule has 0 saturated heterocycles. The summed E-state index contributed by atoms with van der Waals surface area (Å²) in [5.41, 5.74) is 5.07. The lowest BCUT2D eigenvalue weighted by molar-refractivity contribution is -0.116. The van der Waals surface area contributed by atoms with Gasteiger partial charge < -0.3 is 5.32 Å². The van der Waals surface area contributed by atoms with E-state index < -0.39 is 0 Å². The molecule has 4 rings (SSSR count). The molecule has 0 bridgehead atoms. The van der Waals surface area contributed by atoms with E-state index in [1.807, 2.05) is 30.5 Å². The van der Waals surface area contributed by atoms with E-state index in [0.29, 0.717) is 17.1 Å². The van der Waals surface area contributed by atoms with Crippen LogP contribution in [-0.4, -0.2) is 26.6 Å². The Morgan fingerprint density at radius 1 is 1.35 bits per heavy atom. The lowest BCUT2D eigenvalue weighted by Gasteiger charge is -2.17. The van der Waals surface area contributed by atoms with Gasteiger partial charge in [0.05, 0.1) is 17.5 Å². The number of aromatic nitrogens is 3. The van der Waals surface area contributed by atoms with Crippen molar-refractivity contribution in [2.45, 2.75) is 19.8 Å². The highest BCUT2D eigenvalue weighted by molar-refractivity contribution is 7.14. The Labute approximate surface area is 154 Å². The summed E-state index contributed by atoms with van der Waals surface area (Å²) >= 11 is 1.38. The number of carbonyl (C=O) groups is 2. The second kappa shape index (κ2) is 6.38. The summed E-state index contributed by atoms with van der Waals surface area (Å²) in [6, 6.07) is 5.87. The minimum atomic E-state index is -0.218. The number of fused-ring (bicyclic) bond motifs is 1. The van der Waals surface area contributed by atoms with Crippen molar-refractivity contribution in [3.63, 3.8) is 0 Å². The van der Waals surface area contributed by atoms with Crippen molar-refractivity contribution in [2.75, 3.05) is 10.6 Å². The van der Waals surface area contributed by atoms with Crippen LogP contribution in [-0.2, 0) is 18.3 Å². The van der Waals surface area contributed by atoms with Crippen LogP contribution in [0.5, 0.6) is 0 Å². The quantitative estimate of drug-likeness (QED) is 0.745. The molecule has 2 aromatic heterocycles. The molecule has 0 saturated carbocycles. The third kappa shape index (κ3) is 2.99. The molecule has 0 radical (unpaired) electrons. The van der Waals surface area contributed by atoms with Crippen LogP contribution in [0.4, 0.5) is 10.8 Å². The fourth-order valence-corrected chi connectivity index (χ4v) is 3.61.